The summed E-state index contributed by atoms with van der Waals surface area (Å²) in [6.07, 6.45) is 0. The molecule has 0 aliphatic carbocycles. The maximum absolute atomic E-state index is 14.3. The molecule has 0 unspecified atom stereocenters. The van der Waals surface area contributed by atoms with Gasteiger partial charge in [-0.2, -0.15) is 0 Å². The number of halogens is 2. The highest BCUT2D eigenvalue weighted by Crippen LogP contribution is 2.29. The molecular weight excluding hydrogens is 230 g/mol. The molecule has 2 rings (SSSR count). The molecule has 18 heavy (non-hydrogen) atoms. The lowest BCUT2D eigenvalue weighted by Gasteiger charge is -2.11. The van der Waals surface area contributed by atoms with Gasteiger partial charge < -0.3 is 0 Å². The fraction of sp³-hybridized carbons (Fsp3) is 0.250. The highest BCUT2D eigenvalue weighted by molar-refractivity contribution is 5.66. The van der Waals surface area contributed by atoms with E-state index >= 15 is 0 Å². The fourth-order valence-corrected chi connectivity index (χ4v) is 2.11. The molecule has 0 heterocycles. The molecule has 0 amide bonds. The van der Waals surface area contributed by atoms with Gasteiger partial charge in [0.05, 0.1) is 0 Å². The second-order valence-electron chi connectivity index (χ2n) is 4.88. The molecule has 0 saturated carbocycles. The molecule has 0 radical (unpaired) electrons. The Bertz CT molecular complexity index is 551. The van der Waals surface area contributed by atoms with Gasteiger partial charge in [0.1, 0.15) is 11.6 Å². The molecule has 2 aromatic rings. The van der Waals surface area contributed by atoms with Crippen molar-refractivity contribution in [2.75, 3.05) is 0 Å². The summed E-state index contributed by atoms with van der Waals surface area (Å²) in [4.78, 5) is 0. The maximum atomic E-state index is 14.3. The van der Waals surface area contributed by atoms with Crippen LogP contribution in [-0.4, -0.2) is 0 Å². The van der Waals surface area contributed by atoms with E-state index in [0.717, 1.165) is 5.56 Å². The van der Waals surface area contributed by atoms with E-state index < -0.39 is 0 Å². The second kappa shape index (κ2) is 4.89. The Morgan fingerprint density at radius 2 is 1.72 bits per heavy atom. The lowest BCUT2D eigenvalue weighted by atomic mass is 9.95. The van der Waals surface area contributed by atoms with Crippen LogP contribution in [0.2, 0.25) is 0 Å². The molecule has 0 N–H and O–H groups in total. The van der Waals surface area contributed by atoms with E-state index in [2.05, 4.69) is 0 Å². The normalized spacial score (nSPS) is 11.0. The van der Waals surface area contributed by atoms with Crippen molar-refractivity contribution in [3.8, 4) is 11.1 Å². The molecule has 0 aromatic heterocycles. The fourth-order valence-electron chi connectivity index (χ4n) is 2.11. The molecule has 0 spiro atoms. The van der Waals surface area contributed by atoms with Gasteiger partial charge in [0, 0.05) is 5.56 Å². The van der Waals surface area contributed by atoms with Crippen LogP contribution in [0.1, 0.15) is 30.9 Å². The number of benzene rings is 2. The lowest BCUT2D eigenvalue weighted by molar-refractivity contribution is 0.601. The number of aryl methyl sites for hydroxylation is 1. The van der Waals surface area contributed by atoms with Crippen molar-refractivity contribution in [1.29, 1.82) is 0 Å². The van der Waals surface area contributed by atoms with Crippen molar-refractivity contribution in [2.24, 2.45) is 0 Å². The van der Waals surface area contributed by atoms with E-state index in [1.165, 1.54) is 12.1 Å². The lowest BCUT2D eigenvalue weighted by Crippen LogP contribution is -1.96. The minimum absolute atomic E-state index is 0.111. The Morgan fingerprint density at radius 3 is 2.33 bits per heavy atom. The van der Waals surface area contributed by atoms with E-state index in [9.17, 15) is 8.78 Å². The first-order valence-corrected chi connectivity index (χ1v) is 6.05. The Hall–Kier alpha value is -1.70. The quantitative estimate of drug-likeness (QED) is 0.694. The number of rotatable bonds is 2. The number of hydrogen-bond donors (Lipinski definition) is 0. The van der Waals surface area contributed by atoms with Crippen molar-refractivity contribution in [2.45, 2.75) is 26.7 Å². The third kappa shape index (κ3) is 2.42. The van der Waals surface area contributed by atoms with Crippen LogP contribution in [0.25, 0.3) is 11.1 Å². The average Bonchev–Trinajstić information content (AvgIpc) is 2.27. The summed E-state index contributed by atoms with van der Waals surface area (Å²) in [5.41, 5.74) is 2.50. The average molecular weight is 246 g/mol. The molecule has 0 atom stereocenters. The third-order valence-electron chi connectivity index (χ3n) is 3.00. The molecule has 2 aromatic carbocycles. The molecule has 0 nitrogen and oxygen atoms in total. The van der Waals surface area contributed by atoms with Gasteiger partial charge >= 0.3 is 0 Å². The van der Waals surface area contributed by atoms with Crippen LogP contribution in [0.5, 0.6) is 0 Å². The van der Waals surface area contributed by atoms with E-state index in [4.69, 9.17) is 0 Å². The maximum Gasteiger partial charge on any atom is 0.134 e. The van der Waals surface area contributed by atoms with E-state index in [0.29, 0.717) is 16.7 Å². The molecule has 0 aliphatic heterocycles. The zero-order chi connectivity index (χ0) is 13.3. The predicted molar refractivity (Wildman–Crippen MR) is 70.6 cm³/mol. The predicted octanol–water partition coefficient (Wildman–Crippen LogP) is 5.06. The summed E-state index contributed by atoms with van der Waals surface area (Å²) < 4.78 is 27.7. The second-order valence-corrected chi connectivity index (χ2v) is 4.88. The standard InChI is InChI=1S/C16H16F2/c1-10(2)14-5-4-6-15(16(14)18)12-7-11(3)8-13(17)9-12/h4-10H,1-3H3. The first-order valence-electron chi connectivity index (χ1n) is 6.05. The SMILES string of the molecule is Cc1cc(F)cc(-c2cccc(C(C)C)c2F)c1. The van der Waals surface area contributed by atoms with Gasteiger partial charge in [-0.3, -0.25) is 0 Å². The van der Waals surface area contributed by atoms with E-state index in [1.54, 1.807) is 25.1 Å². The highest BCUT2D eigenvalue weighted by Gasteiger charge is 2.12. The van der Waals surface area contributed by atoms with Gasteiger partial charge in [0.15, 0.2) is 0 Å². The van der Waals surface area contributed by atoms with Crippen molar-refractivity contribution in [3.05, 3.63) is 59.2 Å². The highest BCUT2D eigenvalue weighted by atomic mass is 19.1. The smallest absolute Gasteiger partial charge is 0.134 e. The molecule has 2 heteroatoms. The van der Waals surface area contributed by atoms with Gasteiger partial charge in [-0.05, 0) is 41.7 Å². The Kier molecular flexibility index (Phi) is 3.46. The van der Waals surface area contributed by atoms with Gasteiger partial charge in [0.25, 0.3) is 0 Å². The van der Waals surface area contributed by atoms with Crippen molar-refractivity contribution in [1.82, 2.24) is 0 Å². The third-order valence-corrected chi connectivity index (χ3v) is 3.00. The summed E-state index contributed by atoms with van der Waals surface area (Å²) in [6.45, 7) is 5.69. The van der Waals surface area contributed by atoms with E-state index in [-0.39, 0.29) is 17.6 Å². The van der Waals surface area contributed by atoms with Crippen molar-refractivity contribution >= 4 is 0 Å². The van der Waals surface area contributed by atoms with Crippen LogP contribution in [-0.2, 0) is 0 Å². The molecular formula is C16H16F2. The van der Waals surface area contributed by atoms with Gasteiger partial charge in [-0.15, -0.1) is 0 Å². The van der Waals surface area contributed by atoms with Crippen LogP contribution >= 0.6 is 0 Å². The van der Waals surface area contributed by atoms with Crippen LogP contribution in [0, 0.1) is 18.6 Å². The van der Waals surface area contributed by atoms with E-state index in [1.807, 2.05) is 19.9 Å². The minimum Gasteiger partial charge on any atom is -0.207 e. The molecule has 0 bridgehead atoms. The van der Waals surface area contributed by atoms with Gasteiger partial charge in [-0.25, -0.2) is 8.78 Å². The topological polar surface area (TPSA) is 0 Å². The Morgan fingerprint density at radius 1 is 1.00 bits per heavy atom. The van der Waals surface area contributed by atoms with Crippen molar-refractivity contribution < 1.29 is 8.78 Å². The first-order chi connectivity index (χ1) is 8.49. The first kappa shape index (κ1) is 12.7. The minimum atomic E-state index is -0.334. The van der Waals surface area contributed by atoms with Crippen LogP contribution in [0.4, 0.5) is 8.78 Å². The largest absolute Gasteiger partial charge is 0.207 e. The summed E-state index contributed by atoms with van der Waals surface area (Å²) >= 11 is 0. The molecule has 0 fully saturated rings. The molecule has 0 saturated heterocycles. The zero-order valence-electron chi connectivity index (χ0n) is 10.8. The zero-order valence-corrected chi connectivity index (χ0v) is 10.8. The molecule has 0 aliphatic rings. The monoisotopic (exact) mass is 246 g/mol. The molecule has 94 valence electrons. The Labute approximate surface area is 106 Å². The summed E-state index contributed by atoms with van der Waals surface area (Å²) in [5, 5.41) is 0. The van der Waals surface area contributed by atoms with Gasteiger partial charge in [0.2, 0.25) is 0 Å². The Balaban J connectivity index is 2.60. The van der Waals surface area contributed by atoms with Crippen molar-refractivity contribution in [3.63, 3.8) is 0 Å². The van der Waals surface area contributed by atoms with Crippen LogP contribution in [0.15, 0.2) is 36.4 Å². The van der Waals surface area contributed by atoms with Gasteiger partial charge in [-0.1, -0.05) is 38.1 Å². The summed E-state index contributed by atoms with van der Waals surface area (Å²) in [6, 6.07) is 9.88. The summed E-state index contributed by atoms with van der Waals surface area (Å²) in [5.74, 6) is -0.476. The van der Waals surface area contributed by atoms with Crippen LogP contribution < -0.4 is 0 Å². The van der Waals surface area contributed by atoms with Crippen LogP contribution in [0.3, 0.4) is 0 Å². The number of hydrogen-bond acceptors (Lipinski definition) is 0. The summed E-state index contributed by atoms with van der Waals surface area (Å²) in [7, 11) is 0.